The molecule has 150 valence electrons. The van der Waals surface area contributed by atoms with Crippen LogP contribution in [0.5, 0.6) is 0 Å². The fourth-order valence-corrected chi connectivity index (χ4v) is 2.55. The second kappa shape index (κ2) is 9.65. The van der Waals surface area contributed by atoms with Crippen LogP contribution in [0.2, 0.25) is 5.02 Å². The van der Waals surface area contributed by atoms with Gasteiger partial charge in [0.2, 0.25) is 5.91 Å². The topological polar surface area (TPSA) is 79.9 Å². The molecule has 0 spiro atoms. The maximum absolute atomic E-state index is 12.1. The summed E-state index contributed by atoms with van der Waals surface area (Å²) in [5.74, 6) is -0.428. The second-order valence-corrected chi connectivity index (χ2v) is 6.11. The van der Waals surface area contributed by atoms with Crippen molar-refractivity contribution in [2.75, 3.05) is 49.7 Å². The van der Waals surface area contributed by atoms with Crippen molar-refractivity contribution in [1.82, 2.24) is 5.32 Å². The van der Waals surface area contributed by atoms with Gasteiger partial charge in [-0.05, 0) is 18.2 Å². The smallest absolute Gasteiger partial charge is 0.422 e. The molecule has 1 saturated heterocycles. The molecule has 0 aliphatic carbocycles. The van der Waals surface area contributed by atoms with Crippen molar-refractivity contribution in [2.24, 2.45) is 0 Å². The molecule has 11 heteroatoms. The van der Waals surface area contributed by atoms with Gasteiger partial charge in [0, 0.05) is 31.1 Å². The van der Waals surface area contributed by atoms with Crippen LogP contribution in [-0.2, 0) is 14.3 Å². The van der Waals surface area contributed by atoms with E-state index in [0.29, 0.717) is 37.0 Å². The van der Waals surface area contributed by atoms with Gasteiger partial charge in [0.05, 0.1) is 24.6 Å². The summed E-state index contributed by atoms with van der Waals surface area (Å²) in [5.41, 5.74) is 1.29. The maximum Gasteiger partial charge on any atom is 0.422 e. The van der Waals surface area contributed by atoms with Crippen LogP contribution in [0.4, 0.5) is 29.3 Å². The van der Waals surface area contributed by atoms with Gasteiger partial charge in [-0.3, -0.25) is 4.79 Å². The van der Waals surface area contributed by atoms with E-state index >= 15 is 0 Å². The van der Waals surface area contributed by atoms with Gasteiger partial charge in [-0.1, -0.05) is 11.6 Å². The van der Waals surface area contributed by atoms with Crippen molar-refractivity contribution in [2.45, 2.75) is 12.6 Å². The molecule has 0 unspecified atom stereocenters. The fraction of sp³-hybridized carbons (Fsp3) is 0.500. The van der Waals surface area contributed by atoms with Crippen molar-refractivity contribution in [3.63, 3.8) is 0 Å². The van der Waals surface area contributed by atoms with Crippen LogP contribution in [0.1, 0.15) is 6.42 Å². The van der Waals surface area contributed by atoms with Gasteiger partial charge in [-0.25, -0.2) is 4.79 Å². The molecule has 1 heterocycles. The molecular weight excluding hydrogens is 391 g/mol. The SMILES string of the molecule is O=C(CCNC(=O)OCC(F)(F)F)Nc1cc(Cl)ccc1N1CCOCC1. The highest BCUT2D eigenvalue weighted by Crippen LogP contribution is 2.30. The van der Waals surface area contributed by atoms with Gasteiger partial charge in [0.1, 0.15) is 0 Å². The summed E-state index contributed by atoms with van der Waals surface area (Å²) in [6.45, 7) is 0.612. The summed E-state index contributed by atoms with van der Waals surface area (Å²) in [4.78, 5) is 25.3. The number of nitrogens with zero attached hydrogens (tertiary/aromatic N) is 1. The van der Waals surface area contributed by atoms with Gasteiger partial charge in [-0.2, -0.15) is 13.2 Å². The molecule has 1 aromatic rings. The zero-order valence-corrected chi connectivity index (χ0v) is 15.0. The zero-order valence-electron chi connectivity index (χ0n) is 14.3. The maximum atomic E-state index is 12.1. The number of hydrogen-bond donors (Lipinski definition) is 2. The normalized spacial score (nSPS) is 14.6. The number of nitrogens with one attached hydrogen (secondary N) is 2. The first kappa shape index (κ1) is 21.1. The number of morpholine rings is 1. The molecule has 7 nitrogen and oxygen atoms in total. The molecule has 0 saturated carbocycles. The molecular formula is C16H19ClF3N3O4. The van der Waals surface area contributed by atoms with E-state index in [4.69, 9.17) is 16.3 Å². The zero-order chi connectivity index (χ0) is 19.9. The summed E-state index contributed by atoms with van der Waals surface area (Å²) < 4.78 is 45.1. The number of hydrogen-bond acceptors (Lipinski definition) is 5. The van der Waals surface area contributed by atoms with E-state index in [-0.39, 0.29) is 13.0 Å². The molecule has 0 aromatic heterocycles. The number of rotatable bonds is 6. The molecule has 0 bridgehead atoms. The van der Waals surface area contributed by atoms with Crippen molar-refractivity contribution in [3.8, 4) is 0 Å². The molecule has 1 aliphatic rings. The van der Waals surface area contributed by atoms with Gasteiger partial charge < -0.3 is 25.0 Å². The van der Waals surface area contributed by atoms with Crippen molar-refractivity contribution < 1.29 is 32.2 Å². The van der Waals surface area contributed by atoms with Crippen LogP contribution in [0.3, 0.4) is 0 Å². The first-order valence-corrected chi connectivity index (χ1v) is 8.52. The molecule has 2 rings (SSSR count). The summed E-state index contributed by atoms with van der Waals surface area (Å²) in [7, 11) is 0. The van der Waals surface area contributed by atoms with E-state index in [1.54, 1.807) is 18.2 Å². The van der Waals surface area contributed by atoms with Crippen molar-refractivity contribution >= 4 is 35.0 Å². The number of amides is 2. The Hall–Kier alpha value is -2.20. The number of carbonyl (C=O) groups excluding carboxylic acids is 2. The van der Waals surface area contributed by atoms with Crippen LogP contribution in [0.15, 0.2) is 18.2 Å². The van der Waals surface area contributed by atoms with E-state index in [0.717, 1.165) is 5.69 Å². The average Bonchev–Trinajstić information content (AvgIpc) is 2.60. The van der Waals surface area contributed by atoms with Crippen LogP contribution >= 0.6 is 11.6 Å². The van der Waals surface area contributed by atoms with Gasteiger partial charge >= 0.3 is 12.3 Å². The number of alkyl halides is 3. The molecule has 1 fully saturated rings. The lowest BCUT2D eigenvalue weighted by molar-refractivity contribution is -0.160. The third-order valence-corrected chi connectivity index (χ3v) is 3.81. The first-order chi connectivity index (χ1) is 12.7. The molecule has 27 heavy (non-hydrogen) atoms. The highest BCUT2D eigenvalue weighted by atomic mass is 35.5. The van der Waals surface area contributed by atoms with Crippen LogP contribution in [-0.4, -0.2) is 57.6 Å². The fourth-order valence-electron chi connectivity index (χ4n) is 2.38. The minimum Gasteiger partial charge on any atom is -0.440 e. The van der Waals surface area contributed by atoms with E-state index in [1.807, 2.05) is 4.90 Å². The van der Waals surface area contributed by atoms with Crippen molar-refractivity contribution in [3.05, 3.63) is 23.2 Å². The Kier molecular flexibility index (Phi) is 7.55. The second-order valence-electron chi connectivity index (χ2n) is 5.68. The Labute approximate surface area is 158 Å². The average molecular weight is 410 g/mol. The number of carbonyl (C=O) groups is 2. The van der Waals surface area contributed by atoms with E-state index in [1.165, 1.54) is 0 Å². The largest absolute Gasteiger partial charge is 0.440 e. The monoisotopic (exact) mass is 409 g/mol. The molecule has 0 atom stereocenters. The number of benzene rings is 1. The Morgan fingerprint density at radius 3 is 2.63 bits per heavy atom. The van der Waals surface area contributed by atoms with E-state index in [2.05, 4.69) is 15.4 Å². The van der Waals surface area contributed by atoms with Crippen LogP contribution < -0.4 is 15.5 Å². The summed E-state index contributed by atoms with van der Waals surface area (Å²) in [5, 5.41) is 5.23. The first-order valence-electron chi connectivity index (χ1n) is 8.14. The standard InChI is InChI=1S/C16H19ClF3N3O4/c17-11-1-2-13(23-5-7-26-8-6-23)12(9-11)22-14(24)3-4-21-15(25)27-10-16(18,19)20/h1-2,9H,3-8,10H2,(H,21,25)(H,22,24). The lowest BCUT2D eigenvalue weighted by Crippen LogP contribution is -2.37. The third kappa shape index (κ3) is 7.51. The van der Waals surface area contributed by atoms with Crippen LogP contribution in [0, 0.1) is 0 Å². The summed E-state index contributed by atoms with van der Waals surface area (Å²) in [6.07, 6.45) is -5.98. The number of alkyl carbamates (subject to hydrolysis) is 1. The van der Waals surface area contributed by atoms with Gasteiger partial charge in [0.15, 0.2) is 6.61 Å². The van der Waals surface area contributed by atoms with E-state index in [9.17, 15) is 22.8 Å². The molecule has 2 amide bonds. The summed E-state index contributed by atoms with van der Waals surface area (Å²) >= 11 is 6.00. The van der Waals surface area contributed by atoms with Crippen LogP contribution in [0.25, 0.3) is 0 Å². The Balaban J connectivity index is 1.84. The lowest BCUT2D eigenvalue weighted by Gasteiger charge is -2.30. The number of anilines is 2. The number of halogens is 4. The third-order valence-electron chi connectivity index (χ3n) is 3.57. The Morgan fingerprint density at radius 2 is 1.96 bits per heavy atom. The molecule has 1 aliphatic heterocycles. The van der Waals surface area contributed by atoms with Crippen molar-refractivity contribution in [1.29, 1.82) is 0 Å². The van der Waals surface area contributed by atoms with Gasteiger partial charge in [-0.15, -0.1) is 0 Å². The van der Waals surface area contributed by atoms with E-state index < -0.39 is 24.8 Å². The predicted molar refractivity (Wildman–Crippen MR) is 93.1 cm³/mol. The molecule has 0 radical (unpaired) electrons. The molecule has 2 N–H and O–H groups in total. The molecule has 1 aromatic carbocycles. The lowest BCUT2D eigenvalue weighted by atomic mass is 10.2. The minimum atomic E-state index is -4.60. The summed E-state index contributed by atoms with van der Waals surface area (Å²) in [6, 6.07) is 5.10. The highest BCUT2D eigenvalue weighted by molar-refractivity contribution is 6.31. The Morgan fingerprint density at radius 1 is 1.26 bits per heavy atom. The Bertz CT molecular complexity index is 667. The van der Waals surface area contributed by atoms with Gasteiger partial charge in [0.25, 0.3) is 0 Å². The quantitative estimate of drug-likeness (QED) is 0.755. The number of ether oxygens (including phenoxy) is 2. The highest BCUT2D eigenvalue weighted by Gasteiger charge is 2.29. The minimum absolute atomic E-state index is 0.143. The predicted octanol–water partition coefficient (Wildman–Crippen LogP) is 2.79.